The van der Waals surface area contributed by atoms with Gasteiger partial charge in [-0.3, -0.25) is 0 Å². The summed E-state index contributed by atoms with van der Waals surface area (Å²) in [5.41, 5.74) is 22.7. The lowest BCUT2D eigenvalue weighted by Crippen LogP contribution is -2.25. The SMILES string of the molecule is CCCCCCCCC1(CCCCCCCC)c2cc(-c3ccnc(N)c3)ccc2-c2ccc(-c3ccnc(N)c3)cc21. The molecule has 0 spiro atoms. The molecule has 0 atom stereocenters. The zero-order chi connectivity index (χ0) is 30.1. The summed E-state index contributed by atoms with van der Waals surface area (Å²) < 4.78 is 0. The van der Waals surface area contributed by atoms with Crippen molar-refractivity contribution in [2.24, 2.45) is 0 Å². The Morgan fingerprint density at radius 1 is 0.488 bits per heavy atom. The Bertz CT molecular complexity index is 1380. The third kappa shape index (κ3) is 7.12. The van der Waals surface area contributed by atoms with E-state index in [9.17, 15) is 0 Å². The highest BCUT2D eigenvalue weighted by Crippen LogP contribution is 2.55. The standard InChI is InChI=1S/C39H50N4/c1-3-5-7-9-11-13-21-39(22-14-12-10-8-6-4-2)35-25-29(31-19-23-42-37(40)27-31)15-17-33(35)34-18-16-30(26-36(34)39)32-20-24-43-38(41)28-32/h15-20,23-28H,3-14,21-22H2,1-2H3,(H2,40,42)(H2,41,43). The summed E-state index contributed by atoms with van der Waals surface area (Å²) in [6, 6.07) is 22.3. The fourth-order valence-electron chi connectivity index (χ4n) is 7.19. The van der Waals surface area contributed by atoms with Crippen LogP contribution in [-0.2, 0) is 5.41 Å². The van der Waals surface area contributed by atoms with Crippen LogP contribution in [0.3, 0.4) is 0 Å². The summed E-state index contributed by atoms with van der Waals surface area (Å²) >= 11 is 0. The first-order chi connectivity index (χ1) is 21.1. The third-order valence-electron chi connectivity index (χ3n) is 9.50. The molecule has 4 aromatic rings. The molecule has 0 radical (unpaired) electrons. The molecule has 0 unspecified atom stereocenters. The van der Waals surface area contributed by atoms with Crippen molar-refractivity contribution in [2.75, 3.05) is 11.5 Å². The van der Waals surface area contributed by atoms with Crippen molar-refractivity contribution in [3.63, 3.8) is 0 Å². The van der Waals surface area contributed by atoms with E-state index in [-0.39, 0.29) is 5.41 Å². The van der Waals surface area contributed by atoms with Gasteiger partial charge in [0.05, 0.1) is 0 Å². The lowest BCUT2D eigenvalue weighted by molar-refractivity contribution is 0.398. The maximum absolute atomic E-state index is 6.12. The lowest BCUT2D eigenvalue weighted by atomic mass is 9.70. The van der Waals surface area contributed by atoms with Gasteiger partial charge < -0.3 is 11.5 Å². The topological polar surface area (TPSA) is 77.8 Å². The number of nitrogens with zero attached hydrogens (tertiary/aromatic N) is 2. The maximum Gasteiger partial charge on any atom is 0.123 e. The Hall–Kier alpha value is -3.66. The Labute approximate surface area is 259 Å². The zero-order valence-corrected chi connectivity index (χ0v) is 26.4. The monoisotopic (exact) mass is 574 g/mol. The van der Waals surface area contributed by atoms with E-state index in [2.05, 4.69) is 72.3 Å². The Morgan fingerprint density at radius 3 is 1.30 bits per heavy atom. The van der Waals surface area contributed by atoms with Crippen LogP contribution in [-0.4, -0.2) is 9.97 Å². The van der Waals surface area contributed by atoms with Crippen LogP contribution >= 0.6 is 0 Å². The van der Waals surface area contributed by atoms with Gasteiger partial charge in [0.25, 0.3) is 0 Å². The van der Waals surface area contributed by atoms with Crippen LogP contribution < -0.4 is 11.5 Å². The van der Waals surface area contributed by atoms with E-state index in [0.717, 1.165) is 11.1 Å². The molecule has 4 nitrogen and oxygen atoms in total. The normalized spacial score (nSPS) is 13.2. The van der Waals surface area contributed by atoms with Gasteiger partial charge in [-0.15, -0.1) is 0 Å². The minimum Gasteiger partial charge on any atom is -0.384 e. The second-order valence-corrected chi connectivity index (χ2v) is 12.6. The molecule has 5 rings (SSSR count). The van der Waals surface area contributed by atoms with Gasteiger partial charge in [-0.05, 0) is 93.7 Å². The van der Waals surface area contributed by atoms with Crippen LogP contribution in [0.2, 0.25) is 0 Å². The van der Waals surface area contributed by atoms with Crippen LogP contribution in [0.5, 0.6) is 0 Å². The van der Waals surface area contributed by atoms with Crippen LogP contribution in [0, 0.1) is 0 Å². The first-order valence-corrected chi connectivity index (χ1v) is 16.8. The Balaban J connectivity index is 1.58. The molecule has 43 heavy (non-hydrogen) atoms. The van der Waals surface area contributed by atoms with Gasteiger partial charge in [-0.25, -0.2) is 9.97 Å². The molecule has 226 valence electrons. The van der Waals surface area contributed by atoms with Crippen LogP contribution in [0.4, 0.5) is 11.6 Å². The summed E-state index contributed by atoms with van der Waals surface area (Å²) in [6.07, 6.45) is 21.7. The Morgan fingerprint density at radius 2 is 0.884 bits per heavy atom. The molecule has 2 aromatic heterocycles. The molecule has 0 saturated heterocycles. The van der Waals surface area contributed by atoms with Crippen molar-refractivity contribution in [1.82, 2.24) is 9.97 Å². The molecule has 4 N–H and O–H groups in total. The number of aromatic nitrogens is 2. The highest BCUT2D eigenvalue weighted by Gasteiger charge is 2.42. The molecule has 0 fully saturated rings. The minimum atomic E-state index is -0.0106. The van der Waals surface area contributed by atoms with E-state index >= 15 is 0 Å². The van der Waals surface area contributed by atoms with Crippen molar-refractivity contribution >= 4 is 11.6 Å². The van der Waals surface area contributed by atoms with E-state index in [1.807, 2.05) is 24.5 Å². The molecule has 0 amide bonds. The quantitative estimate of drug-likeness (QED) is 0.130. The fraction of sp³-hybridized carbons (Fsp3) is 0.436. The number of nitrogen functional groups attached to an aromatic ring is 2. The van der Waals surface area contributed by atoms with Crippen molar-refractivity contribution in [2.45, 2.75) is 109 Å². The number of hydrogen-bond donors (Lipinski definition) is 2. The molecule has 1 aliphatic carbocycles. The number of hydrogen-bond acceptors (Lipinski definition) is 4. The molecule has 0 saturated carbocycles. The maximum atomic E-state index is 6.12. The van der Waals surface area contributed by atoms with E-state index in [0.29, 0.717) is 11.6 Å². The summed E-state index contributed by atoms with van der Waals surface area (Å²) in [4.78, 5) is 8.50. The smallest absolute Gasteiger partial charge is 0.123 e. The van der Waals surface area contributed by atoms with Gasteiger partial charge in [0.2, 0.25) is 0 Å². The number of rotatable bonds is 16. The van der Waals surface area contributed by atoms with Crippen LogP contribution in [0.15, 0.2) is 73.1 Å². The summed E-state index contributed by atoms with van der Waals surface area (Å²) in [5, 5.41) is 0. The predicted molar refractivity (Wildman–Crippen MR) is 184 cm³/mol. The fourth-order valence-corrected chi connectivity index (χ4v) is 7.19. The van der Waals surface area contributed by atoms with E-state index < -0.39 is 0 Å². The van der Waals surface area contributed by atoms with Crippen LogP contribution in [0.1, 0.15) is 115 Å². The number of unbranched alkanes of at least 4 members (excludes halogenated alkanes) is 10. The molecule has 0 aliphatic heterocycles. The molecule has 4 heteroatoms. The van der Waals surface area contributed by atoms with Gasteiger partial charge in [0.15, 0.2) is 0 Å². The number of anilines is 2. The predicted octanol–water partition coefficient (Wildman–Crippen LogP) is 10.7. The number of pyridine rings is 2. The first-order valence-electron chi connectivity index (χ1n) is 16.8. The molecular weight excluding hydrogens is 524 g/mol. The van der Waals surface area contributed by atoms with Gasteiger partial charge in [-0.1, -0.05) is 115 Å². The van der Waals surface area contributed by atoms with E-state index in [1.54, 1.807) is 0 Å². The van der Waals surface area contributed by atoms with Crippen molar-refractivity contribution in [3.8, 4) is 33.4 Å². The average Bonchev–Trinajstić information content (AvgIpc) is 3.29. The van der Waals surface area contributed by atoms with Crippen molar-refractivity contribution in [1.29, 1.82) is 0 Å². The molecule has 0 bridgehead atoms. The molecule has 1 aliphatic rings. The second-order valence-electron chi connectivity index (χ2n) is 12.6. The molecular formula is C39H50N4. The van der Waals surface area contributed by atoms with E-state index in [1.165, 1.54) is 123 Å². The second kappa shape index (κ2) is 14.7. The van der Waals surface area contributed by atoms with Gasteiger partial charge in [-0.2, -0.15) is 0 Å². The Kier molecular flexibility index (Phi) is 10.5. The van der Waals surface area contributed by atoms with Crippen molar-refractivity contribution in [3.05, 3.63) is 84.2 Å². The molecule has 2 aromatic carbocycles. The lowest BCUT2D eigenvalue weighted by Gasteiger charge is -2.33. The summed E-state index contributed by atoms with van der Waals surface area (Å²) in [5.74, 6) is 1.13. The van der Waals surface area contributed by atoms with Gasteiger partial charge in [0.1, 0.15) is 11.6 Å². The highest BCUT2D eigenvalue weighted by molar-refractivity contribution is 5.86. The van der Waals surface area contributed by atoms with Gasteiger partial charge in [0, 0.05) is 17.8 Å². The summed E-state index contributed by atoms with van der Waals surface area (Å²) in [7, 11) is 0. The largest absolute Gasteiger partial charge is 0.384 e. The first kappa shape index (κ1) is 30.8. The van der Waals surface area contributed by atoms with Gasteiger partial charge >= 0.3 is 0 Å². The average molecular weight is 575 g/mol. The zero-order valence-electron chi connectivity index (χ0n) is 26.4. The third-order valence-corrected chi connectivity index (χ3v) is 9.50. The highest BCUT2D eigenvalue weighted by atomic mass is 14.8. The van der Waals surface area contributed by atoms with Crippen LogP contribution in [0.25, 0.3) is 33.4 Å². The number of benzene rings is 2. The number of nitrogens with two attached hydrogens (primary N) is 2. The molecule has 2 heterocycles. The van der Waals surface area contributed by atoms with Crippen molar-refractivity contribution < 1.29 is 0 Å². The summed E-state index contributed by atoms with van der Waals surface area (Å²) in [6.45, 7) is 4.59. The van der Waals surface area contributed by atoms with E-state index in [4.69, 9.17) is 11.5 Å². The number of fused-ring (bicyclic) bond motifs is 3. The minimum absolute atomic E-state index is 0.0106.